The molecule has 0 aromatic heterocycles. The van der Waals surface area contributed by atoms with E-state index in [1.807, 2.05) is 0 Å². The van der Waals surface area contributed by atoms with E-state index in [9.17, 15) is 4.39 Å². The van der Waals surface area contributed by atoms with Crippen LogP contribution in [0, 0.1) is 12.7 Å². The lowest BCUT2D eigenvalue weighted by molar-refractivity contribution is 0.534. The molecule has 2 nitrogen and oxygen atoms in total. The van der Waals surface area contributed by atoms with E-state index in [2.05, 4.69) is 10.6 Å². The van der Waals surface area contributed by atoms with E-state index in [-0.39, 0.29) is 5.82 Å². The van der Waals surface area contributed by atoms with Crippen molar-refractivity contribution in [2.24, 2.45) is 0 Å². The molecule has 4 heteroatoms. The maximum atomic E-state index is 13.4. The molecule has 1 aromatic carbocycles. The third kappa shape index (κ3) is 3.41. The highest BCUT2D eigenvalue weighted by molar-refractivity contribution is 6.31. The van der Waals surface area contributed by atoms with E-state index in [4.69, 9.17) is 11.6 Å². The standard InChI is InChI=1S/C13H18ClFN2/c1-9-5-12(14)10(6-13(9)15)7-16-8-11-3-2-4-17-11/h5-6,11,16-17H,2-4,7-8H2,1H3. The molecule has 1 fully saturated rings. The van der Waals surface area contributed by atoms with Crippen LogP contribution in [0.1, 0.15) is 24.0 Å². The van der Waals surface area contributed by atoms with Gasteiger partial charge in [-0.15, -0.1) is 0 Å². The number of benzene rings is 1. The molecule has 1 aliphatic heterocycles. The van der Waals surface area contributed by atoms with Gasteiger partial charge in [-0.3, -0.25) is 0 Å². The summed E-state index contributed by atoms with van der Waals surface area (Å²) in [6.45, 7) is 4.35. The predicted octanol–water partition coefficient (Wildman–Crippen LogP) is 2.63. The first-order valence-electron chi connectivity index (χ1n) is 6.05. The fourth-order valence-corrected chi connectivity index (χ4v) is 2.42. The van der Waals surface area contributed by atoms with E-state index in [0.717, 1.165) is 18.7 Å². The first kappa shape index (κ1) is 12.8. The van der Waals surface area contributed by atoms with E-state index < -0.39 is 0 Å². The molecular weight excluding hydrogens is 239 g/mol. The van der Waals surface area contributed by atoms with Crippen LogP contribution in [0.15, 0.2) is 12.1 Å². The minimum Gasteiger partial charge on any atom is -0.313 e. The highest BCUT2D eigenvalue weighted by atomic mass is 35.5. The Bertz CT molecular complexity index is 389. The smallest absolute Gasteiger partial charge is 0.126 e. The minimum atomic E-state index is -0.190. The highest BCUT2D eigenvalue weighted by Gasteiger charge is 2.13. The monoisotopic (exact) mass is 256 g/mol. The average Bonchev–Trinajstić information content (AvgIpc) is 2.78. The van der Waals surface area contributed by atoms with Crippen molar-refractivity contribution in [1.29, 1.82) is 0 Å². The van der Waals surface area contributed by atoms with Gasteiger partial charge >= 0.3 is 0 Å². The molecule has 2 N–H and O–H groups in total. The van der Waals surface area contributed by atoms with Crippen molar-refractivity contribution in [3.05, 3.63) is 34.1 Å². The Hall–Kier alpha value is -0.640. The summed E-state index contributed by atoms with van der Waals surface area (Å²) in [6.07, 6.45) is 2.45. The van der Waals surface area contributed by atoms with Crippen LogP contribution in [0.2, 0.25) is 5.02 Å². The molecule has 0 spiro atoms. The van der Waals surface area contributed by atoms with Crippen molar-refractivity contribution in [2.75, 3.05) is 13.1 Å². The Balaban J connectivity index is 1.87. The Labute approximate surface area is 107 Å². The quantitative estimate of drug-likeness (QED) is 0.866. The number of rotatable bonds is 4. The molecule has 1 saturated heterocycles. The van der Waals surface area contributed by atoms with Crippen molar-refractivity contribution in [2.45, 2.75) is 32.4 Å². The normalized spacial score (nSPS) is 19.8. The summed E-state index contributed by atoms with van der Waals surface area (Å²) in [5, 5.41) is 7.36. The molecule has 1 heterocycles. The summed E-state index contributed by atoms with van der Waals surface area (Å²) in [5.74, 6) is -0.190. The zero-order valence-electron chi connectivity index (χ0n) is 10.0. The van der Waals surface area contributed by atoms with Crippen LogP contribution < -0.4 is 10.6 Å². The van der Waals surface area contributed by atoms with Crippen molar-refractivity contribution in [3.8, 4) is 0 Å². The molecule has 17 heavy (non-hydrogen) atoms. The molecule has 0 bridgehead atoms. The lowest BCUT2D eigenvalue weighted by Crippen LogP contribution is -2.33. The summed E-state index contributed by atoms with van der Waals surface area (Å²) in [7, 11) is 0. The number of hydrogen-bond donors (Lipinski definition) is 2. The van der Waals surface area contributed by atoms with E-state index >= 15 is 0 Å². The van der Waals surface area contributed by atoms with Gasteiger partial charge in [0.15, 0.2) is 0 Å². The number of aryl methyl sites for hydroxylation is 1. The molecule has 1 aromatic rings. The summed E-state index contributed by atoms with van der Waals surface area (Å²) >= 11 is 6.07. The maximum absolute atomic E-state index is 13.4. The van der Waals surface area contributed by atoms with Gasteiger partial charge in [0.25, 0.3) is 0 Å². The zero-order valence-corrected chi connectivity index (χ0v) is 10.8. The summed E-state index contributed by atoms with van der Waals surface area (Å²) < 4.78 is 13.4. The average molecular weight is 257 g/mol. The lowest BCUT2D eigenvalue weighted by Gasteiger charge is -2.12. The topological polar surface area (TPSA) is 24.1 Å². The van der Waals surface area contributed by atoms with Crippen LogP contribution in [0.5, 0.6) is 0 Å². The molecule has 0 saturated carbocycles. The first-order valence-corrected chi connectivity index (χ1v) is 6.43. The van der Waals surface area contributed by atoms with Gasteiger partial charge < -0.3 is 10.6 Å². The third-order valence-electron chi connectivity index (χ3n) is 3.20. The molecule has 1 atom stereocenters. The SMILES string of the molecule is Cc1cc(Cl)c(CNCC2CCCN2)cc1F. The second-order valence-corrected chi connectivity index (χ2v) is 5.02. The summed E-state index contributed by atoms with van der Waals surface area (Å²) in [5.41, 5.74) is 1.42. The molecule has 0 radical (unpaired) electrons. The Morgan fingerprint density at radius 2 is 2.35 bits per heavy atom. The molecule has 0 aliphatic carbocycles. The molecule has 0 amide bonds. The Morgan fingerprint density at radius 3 is 3.06 bits per heavy atom. The van der Waals surface area contributed by atoms with Gasteiger partial charge in [-0.2, -0.15) is 0 Å². The van der Waals surface area contributed by atoms with E-state index in [1.165, 1.54) is 18.9 Å². The molecule has 1 unspecified atom stereocenters. The minimum absolute atomic E-state index is 0.190. The highest BCUT2D eigenvalue weighted by Crippen LogP contribution is 2.20. The lowest BCUT2D eigenvalue weighted by atomic mass is 10.1. The van der Waals surface area contributed by atoms with E-state index in [1.54, 1.807) is 13.0 Å². The predicted molar refractivity (Wildman–Crippen MR) is 68.9 cm³/mol. The van der Waals surface area contributed by atoms with Gasteiger partial charge in [-0.05, 0) is 49.6 Å². The van der Waals surface area contributed by atoms with Crippen LogP contribution in [-0.4, -0.2) is 19.1 Å². The van der Waals surface area contributed by atoms with Crippen molar-refractivity contribution >= 4 is 11.6 Å². The number of halogens is 2. The van der Waals surface area contributed by atoms with Gasteiger partial charge in [0.1, 0.15) is 5.82 Å². The van der Waals surface area contributed by atoms with Crippen molar-refractivity contribution in [3.63, 3.8) is 0 Å². The van der Waals surface area contributed by atoms with Crippen molar-refractivity contribution in [1.82, 2.24) is 10.6 Å². The van der Waals surface area contributed by atoms with Crippen molar-refractivity contribution < 1.29 is 4.39 Å². The zero-order chi connectivity index (χ0) is 12.3. The largest absolute Gasteiger partial charge is 0.313 e. The van der Waals surface area contributed by atoms with Gasteiger partial charge in [-0.25, -0.2) is 4.39 Å². The van der Waals surface area contributed by atoms with Crippen LogP contribution in [0.3, 0.4) is 0 Å². The molecule has 1 aliphatic rings. The first-order chi connectivity index (χ1) is 8.16. The Morgan fingerprint density at radius 1 is 1.53 bits per heavy atom. The summed E-state index contributed by atoms with van der Waals surface area (Å²) in [6, 6.07) is 3.75. The second kappa shape index (κ2) is 5.80. The van der Waals surface area contributed by atoms with Gasteiger partial charge in [0.2, 0.25) is 0 Å². The van der Waals surface area contributed by atoms with Crippen LogP contribution >= 0.6 is 11.6 Å². The van der Waals surface area contributed by atoms with Crippen LogP contribution in [0.25, 0.3) is 0 Å². The van der Waals surface area contributed by atoms with Gasteiger partial charge in [-0.1, -0.05) is 11.6 Å². The van der Waals surface area contributed by atoms with Gasteiger partial charge in [0, 0.05) is 24.2 Å². The fraction of sp³-hybridized carbons (Fsp3) is 0.538. The summed E-state index contributed by atoms with van der Waals surface area (Å²) in [4.78, 5) is 0. The molecule has 94 valence electrons. The molecular formula is C13H18ClFN2. The van der Waals surface area contributed by atoms with Crippen LogP contribution in [-0.2, 0) is 6.54 Å². The van der Waals surface area contributed by atoms with Crippen LogP contribution in [0.4, 0.5) is 4.39 Å². The number of hydrogen-bond acceptors (Lipinski definition) is 2. The van der Waals surface area contributed by atoms with Gasteiger partial charge in [0.05, 0.1) is 0 Å². The maximum Gasteiger partial charge on any atom is 0.126 e. The Kier molecular flexibility index (Phi) is 4.37. The fourth-order valence-electron chi connectivity index (χ4n) is 2.13. The third-order valence-corrected chi connectivity index (χ3v) is 3.55. The molecule has 2 rings (SSSR count). The number of nitrogens with one attached hydrogen (secondary N) is 2. The van der Waals surface area contributed by atoms with E-state index in [0.29, 0.717) is 23.2 Å². The second-order valence-electron chi connectivity index (χ2n) is 4.62.